The molecule has 0 bridgehead atoms. The highest BCUT2D eigenvalue weighted by atomic mass is 19.1. The molecule has 0 aliphatic heterocycles. The quantitative estimate of drug-likeness (QED) is 0.567. The molecule has 2 aromatic carbocycles. The number of halogens is 1. The summed E-state index contributed by atoms with van der Waals surface area (Å²) in [5, 5.41) is 3.26. The molecule has 0 saturated heterocycles. The lowest BCUT2D eigenvalue weighted by Crippen LogP contribution is -2.26. The Morgan fingerprint density at radius 2 is 1.96 bits per heavy atom. The number of ether oxygens (including phenoxy) is 1. The third-order valence-corrected chi connectivity index (χ3v) is 3.80. The van der Waals surface area contributed by atoms with Crippen molar-refractivity contribution in [2.45, 2.75) is 13.3 Å². The molecule has 1 amide bonds. The third kappa shape index (κ3) is 5.19. The van der Waals surface area contributed by atoms with Crippen molar-refractivity contribution in [1.82, 2.24) is 0 Å². The Labute approximate surface area is 147 Å². The van der Waals surface area contributed by atoms with Crippen molar-refractivity contribution in [3.8, 4) is 0 Å². The number of nitrogens with zero attached hydrogens (tertiary/aromatic N) is 1. The fraction of sp³-hybridized carbons (Fsp3) is 0.316. The molecule has 0 heterocycles. The molecule has 0 spiro atoms. The first-order valence-corrected chi connectivity index (χ1v) is 8.27. The number of benzene rings is 2. The molecule has 0 saturated carbocycles. The normalized spacial score (nSPS) is 10.5. The zero-order valence-corrected chi connectivity index (χ0v) is 14.6. The van der Waals surface area contributed by atoms with Crippen LogP contribution in [-0.2, 0) is 4.74 Å². The highest BCUT2D eigenvalue weighted by molar-refractivity contribution is 6.06. The molecule has 25 heavy (non-hydrogen) atoms. The van der Waals surface area contributed by atoms with Gasteiger partial charge in [0.25, 0.3) is 5.91 Å². The highest BCUT2D eigenvalue weighted by Crippen LogP contribution is 2.25. The second-order valence-electron chi connectivity index (χ2n) is 5.62. The second kappa shape index (κ2) is 9.03. The fourth-order valence-electron chi connectivity index (χ4n) is 2.36. The van der Waals surface area contributed by atoms with Gasteiger partial charge in [-0.3, -0.25) is 4.79 Å². The van der Waals surface area contributed by atoms with Crippen molar-refractivity contribution in [1.29, 1.82) is 0 Å². The SMILES string of the molecule is CCOCCCNc1ccc(N(C)C(=O)c2ccc(F)cc2)cc1N. The first-order valence-electron chi connectivity index (χ1n) is 8.27. The van der Waals surface area contributed by atoms with Crippen LogP contribution in [-0.4, -0.2) is 32.7 Å². The molecular weight excluding hydrogens is 321 g/mol. The number of nitrogen functional groups attached to an aromatic ring is 1. The fourth-order valence-corrected chi connectivity index (χ4v) is 2.36. The number of carbonyl (C=O) groups is 1. The van der Waals surface area contributed by atoms with Gasteiger partial charge in [0.2, 0.25) is 0 Å². The van der Waals surface area contributed by atoms with Gasteiger partial charge in [-0.15, -0.1) is 0 Å². The van der Waals surface area contributed by atoms with E-state index >= 15 is 0 Å². The molecule has 0 atom stereocenters. The Morgan fingerprint density at radius 3 is 2.60 bits per heavy atom. The minimum absolute atomic E-state index is 0.225. The van der Waals surface area contributed by atoms with Crippen LogP contribution in [0.4, 0.5) is 21.5 Å². The van der Waals surface area contributed by atoms with E-state index in [1.54, 1.807) is 13.1 Å². The first kappa shape index (κ1) is 18.7. The summed E-state index contributed by atoms with van der Waals surface area (Å²) in [5.41, 5.74) is 8.55. The van der Waals surface area contributed by atoms with E-state index in [1.165, 1.54) is 29.2 Å². The van der Waals surface area contributed by atoms with Crippen LogP contribution in [0.2, 0.25) is 0 Å². The van der Waals surface area contributed by atoms with E-state index in [2.05, 4.69) is 5.32 Å². The van der Waals surface area contributed by atoms with E-state index in [4.69, 9.17) is 10.5 Å². The van der Waals surface area contributed by atoms with Gasteiger partial charge in [0.05, 0.1) is 11.4 Å². The van der Waals surface area contributed by atoms with E-state index in [1.807, 2.05) is 19.1 Å². The number of nitrogens with one attached hydrogen (secondary N) is 1. The molecule has 2 rings (SSSR count). The van der Waals surface area contributed by atoms with Gasteiger partial charge in [-0.25, -0.2) is 4.39 Å². The van der Waals surface area contributed by atoms with Crippen LogP contribution in [0.25, 0.3) is 0 Å². The van der Waals surface area contributed by atoms with Crippen LogP contribution >= 0.6 is 0 Å². The standard InChI is InChI=1S/C19H24FN3O2/c1-3-25-12-4-11-22-18-10-9-16(13-17(18)21)23(2)19(24)14-5-7-15(20)8-6-14/h5-10,13,22H,3-4,11-12,21H2,1-2H3. The average Bonchev–Trinajstić information content (AvgIpc) is 2.62. The molecule has 5 nitrogen and oxygen atoms in total. The Bertz CT molecular complexity index is 704. The topological polar surface area (TPSA) is 67.6 Å². The van der Waals surface area contributed by atoms with E-state index in [0.29, 0.717) is 30.2 Å². The number of anilines is 3. The van der Waals surface area contributed by atoms with E-state index in [-0.39, 0.29) is 11.7 Å². The summed E-state index contributed by atoms with van der Waals surface area (Å²) in [7, 11) is 1.66. The van der Waals surface area contributed by atoms with Crippen LogP contribution in [0.1, 0.15) is 23.7 Å². The molecular formula is C19H24FN3O2. The molecule has 6 heteroatoms. The number of amides is 1. The maximum Gasteiger partial charge on any atom is 0.258 e. The van der Waals surface area contributed by atoms with Gasteiger partial charge in [-0.05, 0) is 55.8 Å². The van der Waals surface area contributed by atoms with E-state index in [9.17, 15) is 9.18 Å². The van der Waals surface area contributed by atoms with Gasteiger partial charge in [-0.1, -0.05) is 0 Å². The van der Waals surface area contributed by atoms with Crippen LogP contribution in [0.3, 0.4) is 0 Å². The van der Waals surface area contributed by atoms with Crippen molar-refractivity contribution in [3.05, 3.63) is 53.8 Å². The van der Waals surface area contributed by atoms with Crippen LogP contribution in [0, 0.1) is 5.82 Å². The molecule has 0 radical (unpaired) electrons. The summed E-state index contributed by atoms with van der Waals surface area (Å²) >= 11 is 0. The van der Waals surface area contributed by atoms with Crippen LogP contribution < -0.4 is 16.0 Å². The summed E-state index contributed by atoms with van der Waals surface area (Å²) in [4.78, 5) is 13.9. The first-order chi connectivity index (χ1) is 12.0. The molecule has 0 fully saturated rings. The monoisotopic (exact) mass is 345 g/mol. The Kier molecular flexibility index (Phi) is 6.77. The molecule has 0 aliphatic carbocycles. The van der Waals surface area contributed by atoms with Gasteiger partial charge >= 0.3 is 0 Å². The third-order valence-electron chi connectivity index (χ3n) is 3.80. The Balaban J connectivity index is 2.00. The lowest BCUT2D eigenvalue weighted by atomic mass is 10.1. The zero-order valence-electron chi connectivity index (χ0n) is 14.6. The van der Waals surface area contributed by atoms with Crippen molar-refractivity contribution in [3.63, 3.8) is 0 Å². The maximum absolute atomic E-state index is 13.0. The Hall–Kier alpha value is -2.60. The van der Waals surface area contributed by atoms with Crippen molar-refractivity contribution in [2.75, 3.05) is 42.8 Å². The van der Waals surface area contributed by atoms with Gasteiger partial charge in [0.15, 0.2) is 0 Å². The van der Waals surface area contributed by atoms with Gasteiger partial charge in [0.1, 0.15) is 5.82 Å². The molecule has 134 valence electrons. The van der Waals surface area contributed by atoms with Crippen LogP contribution in [0.15, 0.2) is 42.5 Å². The van der Waals surface area contributed by atoms with E-state index < -0.39 is 0 Å². The predicted molar refractivity (Wildman–Crippen MR) is 99.6 cm³/mol. The molecule has 0 unspecified atom stereocenters. The lowest BCUT2D eigenvalue weighted by molar-refractivity contribution is 0.0993. The lowest BCUT2D eigenvalue weighted by Gasteiger charge is -2.19. The summed E-state index contributed by atoms with van der Waals surface area (Å²) in [5.74, 6) is -0.597. The van der Waals surface area contributed by atoms with Gasteiger partial charge in [0, 0.05) is 38.1 Å². The van der Waals surface area contributed by atoms with Gasteiger partial charge < -0.3 is 20.7 Å². The van der Waals surface area contributed by atoms with Crippen molar-refractivity contribution < 1.29 is 13.9 Å². The number of nitrogens with two attached hydrogens (primary N) is 1. The summed E-state index contributed by atoms with van der Waals surface area (Å²) in [6, 6.07) is 10.9. The summed E-state index contributed by atoms with van der Waals surface area (Å²) < 4.78 is 18.3. The number of carbonyl (C=O) groups excluding carboxylic acids is 1. The van der Waals surface area contributed by atoms with Crippen LogP contribution in [0.5, 0.6) is 0 Å². The molecule has 2 aromatic rings. The molecule has 3 N–H and O–H groups in total. The largest absolute Gasteiger partial charge is 0.397 e. The molecule has 0 aromatic heterocycles. The predicted octanol–water partition coefficient (Wildman–Crippen LogP) is 3.52. The van der Waals surface area contributed by atoms with E-state index in [0.717, 1.165) is 18.7 Å². The van der Waals surface area contributed by atoms with Crippen molar-refractivity contribution >= 4 is 23.0 Å². The molecule has 0 aliphatic rings. The zero-order chi connectivity index (χ0) is 18.2. The smallest absolute Gasteiger partial charge is 0.258 e. The number of hydrogen-bond acceptors (Lipinski definition) is 4. The maximum atomic E-state index is 13.0. The second-order valence-corrected chi connectivity index (χ2v) is 5.62. The minimum atomic E-state index is -0.372. The average molecular weight is 345 g/mol. The Morgan fingerprint density at radius 1 is 1.24 bits per heavy atom. The number of rotatable bonds is 8. The number of hydrogen-bond donors (Lipinski definition) is 2. The minimum Gasteiger partial charge on any atom is -0.397 e. The van der Waals surface area contributed by atoms with Crippen molar-refractivity contribution in [2.24, 2.45) is 0 Å². The summed E-state index contributed by atoms with van der Waals surface area (Å²) in [6.07, 6.45) is 0.887. The summed E-state index contributed by atoms with van der Waals surface area (Å²) in [6.45, 7) is 4.14. The van der Waals surface area contributed by atoms with Gasteiger partial charge in [-0.2, -0.15) is 0 Å². The highest BCUT2D eigenvalue weighted by Gasteiger charge is 2.14.